The molecule has 0 aliphatic carbocycles. The molecule has 14 heavy (non-hydrogen) atoms. The molecular formula is C9H16N4O. The number of aromatic nitrogens is 2. The SMILES string of the molecule is CC(CCCO)Nc1cncc(N)n1. The molecule has 0 bridgehead atoms. The molecule has 0 saturated heterocycles. The normalized spacial score (nSPS) is 12.4. The molecule has 4 N–H and O–H groups in total. The summed E-state index contributed by atoms with van der Waals surface area (Å²) < 4.78 is 0. The zero-order chi connectivity index (χ0) is 10.4. The highest BCUT2D eigenvalue weighted by atomic mass is 16.2. The third-order valence-corrected chi connectivity index (χ3v) is 1.84. The Morgan fingerprint density at radius 3 is 3.00 bits per heavy atom. The van der Waals surface area contributed by atoms with Gasteiger partial charge in [0.2, 0.25) is 0 Å². The molecule has 0 aliphatic heterocycles. The standard InChI is InChI=1S/C9H16N4O/c1-7(3-2-4-14)12-9-6-11-5-8(10)13-9/h5-7,14H,2-4H2,1H3,(H3,10,12,13). The van der Waals surface area contributed by atoms with Crippen LogP contribution in [0.25, 0.3) is 0 Å². The molecule has 5 heteroatoms. The van der Waals surface area contributed by atoms with Gasteiger partial charge in [0.25, 0.3) is 0 Å². The Balaban J connectivity index is 2.43. The molecule has 5 nitrogen and oxygen atoms in total. The van der Waals surface area contributed by atoms with Gasteiger partial charge in [-0.2, -0.15) is 0 Å². The second-order valence-electron chi connectivity index (χ2n) is 3.24. The van der Waals surface area contributed by atoms with Gasteiger partial charge in [0.1, 0.15) is 11.6 Å². The Hall–Kier alpha value is -1.36. The van der Waals surface area contributed by atoms with Crippen LogP contribution in [0.3, 0.4) is 0 Å². The third kappa shape index (κ3) is 3.57. The fraction of sp³-hybridized carbons (Fsp3) is 0.556. The highest BCUT2D eigenvalue weighted by Gasteiger charge is 2.02. The minimum atomic E-state index is 0.217. The van der Waals surface area contributed by atoms with Crippen LogP contribution < -0.4 is 11.1 Å². The van der Waals surface area contributed by atoms with Gasteiger partial charge in [0, 0.05) is 12.6 Å². The molecule has 0 aliphatic rings. The average molecular weight is 196 g/mol. The summed E-state index contributed by atoms with van der Waals surface area (Å²) in [7, 11) is 0. The highest BCUT2D eigenvalue weighted by Crippen LogP contribution is 2.07. The first-order valence-corrected chi connectivity index (χ1v) is 4.67. The lowest BCUT2D eigenvalue weighted by Gasteiger charge is -2.13. The van der Waals surface area contributed by atoms with Crippen LogP contribution in [0.2, 0.25) is 0 Å². The van der Waals surface area contributed by atoms with E-state index < -0.39 is 0 Å². The van der Waals surface area contributed by atoms with E-state index in [9.17, 15) is 0 Å². The van der Waals surface area contributed by atoms with Crippen molar-refractivity contribution in [3.8, 4) is 0 Å². The van der Waals surface area contributed by atoms with Crippen molar-refractivity contribution < 1.29 is 5.11 Å². The fourth-order valence-corrected chi connectivity index (χ4v) is 1.17. The summed E-state index contributed by atoms with van der Waals surface area (Å²) in [6.45, 7) is 2.25. The monoisotopic (exact) mass is 196 g/mol. The number of hydrogen-bond donors (Lipinski definition) is 3. The van der Waals surface area contributed by atoms with E-state index in [0.29, 0.717) is 11.6 Å². The minimum Gasteiger partial charge on any atom is -0.396 e. The van der Waals surface area contributed by atoms with Gasteiger partial charge in [0.05, 0.1) is 12.4 Å². The molecule has 1 atom stereocenters. The largest absolute Gasteiger partial charge is 0.396 e. The average Bonchev–Trinajstić information content (AvgIpc) is 2.15. The topological polar surface area (TPSA) is 84.1 Å². The summed E-state index contributed by atoms with van der Waals surface area (Å²) in [6, 6.07) is 0.262. The Morgan fingerprint density at radius 2 is 2.36 bits per heavy atom. The quantitative estimate of drug-likeness (QED) is 0.643. The van der Waals surface area contributed by atoms with E-state index in [1.165, 1.54) is 6.20 Å². The molecule has 1 rings (SSSR count). The van der Waals surface area contributed by atoms with Crippen LogP contribution in [0.15, 0.2) is 12.4 Å². The van der Waals surface area contributed by atoms with E-state index in [1.54, 1.807) is 6.20 Å². The smallest absolute Gasteiger partial charge is 0.147 e. The van der Waals surface area contributed by atoms with Gasteiger partial charge < -0.3 is 16.2 Å². The van der Waals surface area contributed by atoms with Crippen molar-refractivity contribution >= 4 is 11.6 Å². The van der Waals surface area contributed by atoms with Crippen LogP contribution in [-0.4, -0.2) is 27.7 Å². The maximum Gasteiger partial charge on any atom is 0.147 e. The maximum absolute atomic E-state index is 8.65. The number of hydrogen-bond acceptors (Lipinski definition) is 5. The second kappa shape index (κ2) is 5.39. The molecular weight excluding hydrogens is 180 g/mol. The Kier molecular flexibility index (Phi) is 4.12. The van der Waals surface area contributed by atoms with Crippen LogP contribution in [0.1, 0.15) is 19.8 Å². The van der Waals surface area contributed by atoms with Crippen molar-refractivity contribution in [2.24, 2.45) is 0 Å². The molecule has 0 radical (unpaired) electrons. The number of anilines is 2. The number of nitrogens with zero attached hydrogens (tertiary/aromatic N) is 2. The van der Waals surface area contributed by atoms with Gasteiger partial charge >= 0.3 is 0 Å². The van der Waals surface area contributed by atoms with Gasteiger partial charge in [-0.15, -0.1) is 0 Å². The molecule has 0 spiro atoms. The molecule has 0 amide bonds. The number of nitrogens with one attached hydrogen (secondary N) is 1. The predicted molar refractivity (Wildman–Crippen MR) is 55.8 cm³/mol. The van der Waals surface area contributed by atoms with Crippen LogP contribution in [0.4, 0.5) is 11.6 Å². The Bertz CT molecular complexity index is 279. The van der Waals surface area contributed by atoms with Crippen LogP contribution >= 0.6 is 0 Å². The first kappa shape index (κ1) is 10.7. The summed E-state index contributed by atoms with van der Waals surface area (Å²) in [4.78, 5) is 7.98. The predicted octanol–water partition coefficient (Wildman–Crippen LogP) is 0.632. The molecule has 78 valence electrons. The number of nitrogens with two attached hydrogens (primary N) is 1. The molecule has 1 heterocycles. The molecule has 1 unspecified atom stereocenters. The Morgan fingerprint density at radius 1 is 1.57 bits per heavy atom. The number of nitrogen functional groups attached to an aromatic ring is 1. The molecule has 0 saturated carbocycles. The molecule has 0 fully saturated rings. The third-order valence-electron chi connectivity index (χ3n) is 1.84. The van der Waals surface area contributed by atoms with Crippen molar-refractivity contribution in [1.82, 2.24) is 9.97 Å². The van der Waals surface area contributed by atoms with Crippen LogP contribution in [0, 0.1) is 0 Å². The lowest BCUT2D eigenvalue weighted by atomic mass is 10.2. The van der Waals surface area contributed by atoms with Gasteiger partial charge in [0.15, 0.2) is 0 Å². The van der Waals surface area contributed by atoms with E-state index in [-0.39, 0.29) is 12.6 Å². The summed E-state index contributed by atoms with van der Waals surface area (Å²) in [5.41, 5.74) is 5.48. The first-order chi connectivity index (χ1) is 6.72. The summed E-state index contributed by atoms with van der Waals surface area (Å²) in [5, 5.41) is 11.8. The zero-order valence-corrected chi connectivity index (χ0v) is 8.27. The minimum absolute atomic E-state index is 0.217. The second-order valence-corrected chi connectivity index (χ2v) is 3.24. The lowest BCUT2D eigenvalue weighted by molar-refractivity contribution is 0.282. The van der Waals surface area contributed by atoms with E-state index in [4.69, 9.17) is 10.8 Å². The lowest BCUT2D eigenvalue weighted by Crippen LogP contribution is -2.16. The molecule has 1 aromatic heterocycles. The van der Waals surface area contributed by atoms with Crippen LogP contribution in [0.5, 0.6) is 0 Å². The fourth-order valence-electron chi connectivity index (χ4n) is 1.17. The summed E-state index contributed by atoms with van der Waals surface area (Å²) in [5.74, 6) is 1.08. The molecule has 1 aromatic rings. The van der Waals surface area contributed by atoms with Gasteiger partial charge in [-0.25, -0.2) is 4.98 Å². The summed E-state index contributed by atoms with van der Waals surface area (Å²) >= 11 is 0. The van der Waals surface area contributed by atoms with Crippen molar-refractivity contribution in [3.05, 3.63) is 12.4 Å². The van der Waals surface area contributed by atoms with Crippen LogP contribution in [-0.2, 0) is 0 Å². The Labute approximate surface area is 83.4 Å². The van der Waals surface area contributed by atoms with Gasteiger partial charge in [-0.3, -0.25) is 4.98 Å². The highest BCUT2D eigenvalue weighted by molar-refractivity contribution is 5.38. The number of aliphatic hydroxyl groups excluding tert-OH is 1. The van der Waals surface area contributed by atoms with Crippen molar-refractivity contribution in [1.29, 1.82) is 0 Å². The maximum atomic E-state index is 8.65. The van der Waals surface area contributed by atoms with Gasteiger partial charge in [-0.05, 0) is 19.8 Å². The number of rotatable bonds is 5. The molecule has 0 aromatic carbocycles. The van der Waals surface area contributed by atoms with Crippen molar-refractivity contribution in [2.45, 2.75) is 25.8 Å². The zero-order valence-electron chi connectivity index (χ0n) is 8.27. The number of aliphatic hydroxyl groups is 1. The van der Waals surface area contributed by atoms with E-state index in [1.807, 2.05) is 6.92 Å². The van der Waals surface area contributed by atoms with Gasteiger partial charge in [-0.1, -0.05) is 0 Å². The van der Waals surface area contributed by atoms with Crippen molar-refractivity contribution in [2.75, 3.05) is 17.7 Å². The van der Waals surface area contributed by atoms with E-state index in [2.05, 4.69) is 15.3 Å². The first-order valence-electron chi connectivity index (χ1n) is 4.67. The summed E-state index contributed by atoms with van der Waals surface area (Å²) in [6.07, 6.45) is 4.81. The van der Waals surface area contributed by atoms with Crippen molar-refractivity contribution in [3.63, 3.8) is 0 Å². The van der Waals surface area contributed by atoms with E-state index >= 15 is 0 Å². The van der Waals surface area contributed by atoms with E-state index in [0.717, 1.165) is 12.8 Å².